The summed E-state index contributed by atoms with van der Waals surface area (Å²) in [6.07, 6.45) is 0. The van der Waals surface area contributed by atoms with Crippen molar-refractivity contribution in [2.24, 2.45) is 0 Å². The first-order valence-electron chi connectivity index (χ1n) is 15.2. The van der Waals surface area contributed by atoms with Crippen molar-refractivity contribution in [2.75, 3.05) is 7.11 Å². The first-order valence-corrected chi connectivity index (χ1v) is 15.2. The van der Waals surface area contributed by atoms with Gasteiger partial charge in [0.05, 0.1) is 18.2 Å². The summed E-state index contributed by atoms with van der Waals surface area (Å²) in [4.78, 5) is 15.9. The third kappa shape index (κ3) is 6.69. The van der Waals surface area contributed by atoms with Crippen LogP contribution < -0.4 is 43.8 Å². The van der Waals surface area contributed by atoms with Crippen molar-refractivity contribution in [1.82, 2.24) is 9.55 Å². The molecule has 0 fully saturated rings. The number of methoxy groups -OCH3 is 1. The number of aryl methyl sites for hydroxylation is 1. The van der Waals surface area contributed by atoms with Crippen LogP contribution >= 0.6 is 0 Å². The summed E-state index contributed by atoms with van der Waals surface area (Å²) >= 11 is 0. The topological polar surface area (TPSA) is 96.0 Å². The predicted molar refractivity (Wildman–Crippen MR) is 181 cm³/mol. The molecule has 2 heterocycles. The zero-order valence-corrected chi connectivity index (χ0v) is 29.0. The molecule has 0 amide bonds. The van der Waals surface area contributed by atoms with Gasteiger partial charge in [0, 0.05) is 28.4 Å². The van der Waals surface area contributed by atoms with E-state index in [0.29, 0.717) is 36.3 Å². The van der Waals surface area contributed by atoms with Gasteiger partial charge in [-0.1, -0.05) is 60.7 Å². The number of carboxylic acids is 1. The van der Waals surface area contributed by atoms with Crippen LogP contribution in [0.2, 0.25) is 0 Å². The predicted octanol–water partition coefficient (Wildman–Crippen LogP) is 5.79. The second-order valence-electron chi connectivity index (χ2n) is 11.2. The molecule has 0 aliphatic heterocycles. The maximum absolute atomic E-state index is 11.2. The normalized spacial score (nSPS) is 11.0. The smallest absolute Gasteiger partial charge is 1.00 e. The van der Waals surface area contributed by atoms with Gasteiger partial charge in [-0.25, -0.2) is 9.78 Å². The first kappa shape index (κ1) is 32.9. The molecule has 0 bridgehead atoms. The number of rotatable bonds is 11. The van der Waals surface area contributed by atoms with E-state index in [1.54, 1.807) is 31.4 Å². The van der Waals surface area contributed by atoms with Crippen molar-refractivity contribution < 1.29 is 59.5 Å². The molecule has 5 aromatic carbocycles. The van der Waals surface area contributed by atoms with E-state index in [1.165, 1.54) is 0 Å². The summed E-state index contributed by atoms with van der Waals surface area (Å²) in [6.45, 7) is 3.05. The van der Waals surface area contributed by atoms with Crippen LogP contribution in [0.15, 0.2) is 120 Å². The number of para-hydroxylation sites is 1. The van der Waals surface area contributed by atoms with E-state index >= 15 is 0 Å². The van der Waals surface area contributed by atoms with Crippen LogP contribution in [0.3, 0.4) is 0 Å². The zero-order valence-electron chi connectivity index (χ0n) is 28.0. The number of hydrogen-bond donors (Lipinski definition) is 1. The number of oxazole rings is 1. The number of fused-ring (bicyclic) bond motifs is 3. The summed E-state index contributed by atoms with van der Waals surface area (Å²) in [5, 5.41) is 11.3. The van der Waals surface area contributed by atoms with Crippen LogP contribution in [0.1, 0.15) is 34.4 Å². The standard InChI is InChI=1S/C39H32N2O6.Na.H/c1-25-31(40-38(47-25)28-9-4-3-5-10-28)24-46-34-20-17-27(21-36(34)44-2)22-41-32-12-7-6-11-30(32)37-33(41)13-8-14-35(37)45-23-26-15-18-29(19-16-26)39(42)43;;/h3-21H,22-24H2,1-2H3,(H,42,43);;/q;+1;-1. The molecular formula is C39H33N2NaO6. The van der Waals surface area contributed by atoms with Crippen molar-refractivity contribution in [3.63, 3.8) is 0 Å². The summed E-state index contributed by atoms with van der Waals surface area (Å²) < 4.78 is 26.4. The van der Waals surface area contributed by atoms with Crippen LogP contribution in [-0.2, 0) is 19.8 Å². The summed E-state index contributed by atoms with van der Waals surface area (Å²) in [7, 11) is 1.64. The van der Waals surface area contributed by atoms with Gasteiger partial charge < -0.3 is 29.7 Å². The van der Waals surface area contributed by atoms with E-state index in [4.69, 9.17) is 18.6 Å². The minimum Gasteiger partial charge on any atom is -1.00 e. The van der Waals surface area contributed by atoms with E-state index in [9.17, 15) is 9.90 Å². The summed E-state index contributed by atoms with van der Waals surface area (Å²) in [6, 6.07) is 36.9. The SMILES string of the molecule is COc1cc(Cn2c3ccccc3c3c(OCc4ccc(C(=O)O)cc4)cccc32)ccc1OCc1nc(-c2ccccc2)oc1C.[H-].[Na+]. The molecule has 0 atom stereocenters. The maximum Gasteiger partial charge on any atom is 1.00 e. The molecule has 0 unspecified atom stereocenters. The Balaban J connectivity index is 0.00000234. The molecule has 0 spiro atoms. The van der Waals surface area contributed by atoms with Gasteiger partial charge in [0.1, 0.15) is 30.4 Å². The van der Waals surface area contributed by atoms with Crippen LogP contribution in [0.5, 0.6) is 17.2 Å². The number of aromatic nitrogens is 2. The average molecular weight is 649 g/mol. The number of nitrogens with zero attached hydrogens (tertiary/aromatic N) is 2. The van der Waals surface area contributed by atoms with Crippen LogP contribution in [0.25, 0.3) is 33.3 Å². The van der Waals surface area contributed by atoms with Gasteiger partial charge in [-0.2, -0.15) is 0 Å². The molecule has 7 aromatic rings. The fraction of sp³-hybridized carbons (Fsp3) is 0.128. The Kier molecular flexibility index (Phi) is 9.87. The van der Waals surface area contributed by atoms with Gasteiger partial charge >= 0.3 is 35.5 Å². The number of carbonyl (C=O) groups is 1. The van der Waals surface area contributed by atoms with E-state index in [0.717, 1.165) is 49.9 Å². The Morgan fingerprint density at radius 3 is 2.27 bits per heavy atom. The van der Waals surface area contributed by atoms with Crippen LogP contribution in [0, 0.1) is 6.92 Å². The molecule has 0 aliphatic rings. The number of benzene rings is 5. The largest absolute Gasteiger partial charge is 1.00 e. The fourth-order valence-corrected chi connectivity index (χ4v) is 5.79. The third-order valence-corrected chi connectivity index (χ3v) is 8.20. The van der Waals surface area contributed by atoms with Gasteiger partial charge in [0.2, 0.25) is 5.89 Å². The molecular weight excluding hydrogens is 615 g/mol. The molecule has 2 aromatic heterocycles. The zero-order chi connectivity index (χ0) is 32.3. The van der Waals surface area contributed by atoms with E-state index < -0.39 is 5.97 Å². The van der Waals surface area contributed by atoms with E-state index in [-0.39, 0.29) is 43.2 Å². The second-order valence-corrected chi connectivity index (χ2v) is 11.2. The van der Waals surface area contributed by atoms with E-state index in [1.807, 2.05) is 79.7 Å². The third-order valence-electron chi connectivity index (χ3n) is 8.20. The Bertz CT molecular complexity index is 2210. The molecule has 1 N–H and O–H groups in total. The second kappa shape index (κ2) is 14.4. The fourth-order valence-electron chi connectivity index (χ4n) is 5.79. The monoisotopic (exact) mass is 648 g/mol. The van der Waals surface area contributed by atoms with Crippen LogP contribution in [-0.4, -0.2) is 27.7 Å². The quantitative estimate of drug-likeness (QED) is 0.178. The van der Waals surface area contributed by atoms with Gasteiger partial charge in [0.15, 0.2) is 11.5 Å². The van der Waals surface area contributed by atoms with Gasteiger partial charge in [-0.3, -0.25) is 0 Å². The van der Waals surface area contributed by atoms with E-state index in [2.05, 4.69) is 27.8 Å². The van der Waals surface area contributed by atoms with Gasteiger partial charge in [0.25, 0.3) is 0 Å². The van der Waals surface area contributed by atoms with Crippen molar-refractivity contribution in [3.8, 4) is 28.7 Å². The number of carboxylic acid groups (broad SMARTS) is 1. The molecule has 48 heavy (non-hydrogen) atoms. The van der Waals surface area contributed by atoms with Crippen molar-refractivity contribution in [3.05, 3.63) is 143 Å². The molecule has 236 valence electrons. The van der Waals surface area contributed by atoms with Crippen molar-refractivity contribution in [2.45, 2.75) is 26.7 Å². The summed E-state index contributed by atoms with van der Waals surface area (Å²) in [5.41, 5.74) is 5.96. The Hall–Kier alpha value is -5.02. The summed E-state index contributed by atoms with van der Waals surface area (Å²) in [5.74, 6) is 2.34. The first-order chi connectivity index (χ1) is 23.0. The molecule has 0 saturated carbocycles. The van der Waals surface area contributed by atoms with Gasteiger partial charge in [-0.05, 0) is 72.6 Å². The number of aromatic carboxylic acids is 1. The molecule has 9 heteroatoms. The van der Waals surface area contributed by atoms with Gasteiger partial charge in [-0.15, -0.1) is 0 Å². The molecule has 0 radical (unpaired) electrons. The Morgan fingerprint density at radius 1 is 0.792 bits per heavy atom. The minimum atomic E-state index is -0.950. The minimum absolute atomic E-state index is 0. The van der Waals surface area contributed by atoms with Crippen molar-refractivity contribution in [1.29, 1.82) is 0 Å². The van der Waals surface area contributed by atoms with Crippen LogP contribution in [0.4, 0.5) is 0 Å². The number of hydrogen-bond acceptors (Lipinski definition) is 6. The molecule has 0 saturated heterocycles. The molecule has 8 nitrogen and oxygen atoms in total. The average Bonchev–Trinajstić information content (AvgIpc) is 3.64. The Morgan fingerprint density at radius 2 is 1.50 bits per heavy atom. The number of ether oxygens (including phenoxy) is 3. The molecule has 0 aliphatic carbocycles. The van der Waals surface area contributed by atoms with Crippen molar-refractivity contribution >= 4 is 27.8 Å². The molecule has 7 rings (SSSR count). The Labute approximate surface area is 301 Å². The maximum atomic E-state index is 11.2.